The molecule has 3 rings (SSSR count). The molecule has 3 aromatic carbocycles. The maximum absolute atomic E-state index is 13.3. The smallest absolute Gasteiger partial charge is 0.340 e. The van der Waals surface area contributed by atoms with Gasteiger partial charge in [0.2, 0.25) is 0 Å². The molecular formula is C22H18ClF2NO4. The molecule has 0 N–H and O–H groups in total. The molecule has 0 fully saturated rings. The van der Waals surface area contributed by atoms with Crippen molar-refractivity contribution in [3.8, 4) is 5.75 Å². The second-order valence-electron chi connectivity index (χ2n) is 6.62. The number of halogens is 3. The molecule has 0 aromatic heterocycles. The van der Waals surface area contributed by atoms with Gasteiger partial charge in [-0.25, -0.2) is 13.6 Å². The molecule has 0 aliphatic rings. The molecule has 0 aliphatic heterocycles. The molecule has 0 bridgehead atoms. The van der Waals surface area contributed by atoms with Crippen LogP contribution in [-0.4, -0.2) is 37.5 Å². The van der Waals surface area contributed by atoms with Crippen molar-refractivity contribution in [2.45, 2.75) is 6.54 Å². The van der Waals surface area contributed by atoms with E-state index in [0.717, 1.165) is 22.1 Å². The summed E-state index contributed by atoms with van der Waals surface area (Å²) >= 11 is 5.74. The van der Waals surface area contributed by atoms with Crippen molar-refractivity contribution in [2.24, 2.45) is 0 Å². The number of esters is 1. The molecule has 0 saturated carbocycles. The van der Waals surface area contributed by atoms with E-state index in [9.17, 15) is 18.4 Å². The highest BCUT2D eigenvalue weighted by atomic mass is 35.5. The largest absolute Gasteiger partial charge is 0.497 e. The minimum absolute atomic E-state index is 0.296. The fourth-order valence-corrected chi connectivity index (χ4v) is 3.08. The summed E-state index contributed by atoms with van der Waals surface area (Å²) in [5, 5.41) is 1.70. The van der Waals surface area contributed by atoms with Gasteiger partial charge in [-0.05, 0) is 46.7 Å². The first kappa shape index (κ1) is 21.5. The standard InChI is InChI=1S/C22H18ClF2NO4/c1-26(11-13-3-4-15-8-16(29-2)6-5-14(15)7-13)21(27)12-30-22(28)17-9-19(24)20(25)10-18(17)23/h3-10H,11-12H2,1-2H3. The minimum Gasteiger partial charge on any atom is -0.497 e. The van der Waals surface area contributed by atoms with Crippen LogP contribution in [0.5, 0.6) is 5.75 Å². The first-order chi connectivity index (χ1) is 14.3. The summed E-state index contributed by atoms with van der Waals surface area (Å²) in [5.74, 6) is -3.13. The van der Waals surface area contributed by atoms with E-state index in [4.69, 9.17) is 21.1 Å². The van der Waals surface area contributed by atoms with E-state index in [-0.39, 0.29) is 10.6 Å². The lowest BCUT2D eigenvalue weighted by Crippen LogP contribution is -2.30. The molecule has 1 amide bonds. The third-order valence-corrected chi connectivity index (χ3v) is 4.83. The van der Waals surface area contributed by atoms with Crippen LogP contribution in [0.25, 0.3) is 10.8 Å². The lowest BCUT2D eigenvalue weighted by molar-refractivity contribution is -0.133. The first-order valence-corrected chi connectivity index (χ1v) is 9.28. The molecule has 0 atom stereocenters. The molecule has 156 valence electrons. The summed E-state index contributed by atoms with van der Waals surface area (Å²) in [5.41, 5.74) is 0.537. The summed E-state index contributed by atoms with van der Waals surface area (Å²) in [7, 11) is 3.17. The van der Waals surface area contributed by atoms with Crippen LogP contribution in [0, 0.1) is 11.6 Å². The number of rotatable bonds is 6. The second kappa shape index (κ2) is 9.09. The highest BCUT2D eigenvalue weighted by molar-refractivity contribution is 6.33. The van der Waals surface area contributed by atoms with Crippen LogP contribution >= 0.6 is 11.6 Å². The van der Waals surface area contributed by atoms with E-state index in [1.807, 2.05) is 36.4 Å². The molecule has 0 spiro atoms. The van der Waals surface area contributed by atoms with E-state index in [1.165, 1.54) is 4.90 Å². The number of ether oxygens (including phenoxy) is 2. The van der Waals surface area contributed by atoms with Crippen molar-refractivity contribution in [3.63, 3.8) is 0 Å². The zero-order chi connectivity index (χ0) is 21.8. The quantitative estimate of drug-likeness (QED) is 0.421. The topological polar surface area (TPSA) is 55.8 Å². The molecule has 5 nitrogen and oxygen atoms in total. The van der Waals surface area contributed by atoms with Gasteiger partial charge in [0.1, 0.15) is 5.75 Å². The van der Waals surface area contributed by atoms with Gasteiger partial charge in [-0.3, -0.25) is 4.79 Å². The van der Waals surface area contributed by atoms with Crippen molar-refractivity contribution >= 4 is 34.2 Å². The lowest BCUT2D eigenvalue weighted by Gasteiger charge is -2.18. The monoisotopic (exact) mass is 433 g/mol. The fourth-order valence-electron chi connectivity index (χ4n) is 2.85. The number of likely N-dealkylation sites (N-methyl/N-ethyl adjacent to an activating group) is 1. The van der Waals surface area contributed by atoms with Crippen molar-refractivity contribution < 1.29 is 27.8 Å². The zero-order valence-electron chi connectivity index (χ0n) is 16.2. The van der Waals surface area contributed by atoms with Crippen LogP contribution in [0.1, 0.15) is 15.9 Å². The third kappa shape index (κ3) is 4.86. The Labute approximate surface area is 176 Å². The summed E-state index contributed by atoms with van der Waals surface area (Å²) in [6.07, 6.45) is 0. The van der Waals surface area contributed by atoms with Gasteiger partial charge in [0, 0.05) is 13.6 Å². The van der Waals surface area contributed by atoms with Crippen LogP contribution in [0.2, 0.25) is 5.02 Å². The van der Waals surface area contributed by atoms with Crippen molar-refractivity contribution in [1.29, 1.82) is 0 Å². The minimum atomic E-state index is -1.23. The molecule has 8 heteroatoms. The number of carbonyl (C=O) groups is 2. The molecule has 0 aliphatic carbocycles. The summed E-state index contributed by atoms with van der Waals surface area (Å²) in [6, 6.07) is 12.8. The van der Waals surface area contributed by atoms with Crippen LogP contribution in [-0.2, 0) is 16.1 Å². The Kier molecular flexibility index (Phi) is 6.52. The molecular weight excluding hydrogens is 416 g/mol. The van der Waals surface area contributed by atoms with Gasteiger partial charge in [-0.1, -0.05) is 29.8 Å². The number of amides is 1. The zero-order valence-corrected chi connectivity index (χ0v) is 17.0. The third-order valence-electron chi connectivity index (χ3n) is 4.51. The van der Waals surface area contributed by atoms with Crippen molar-refractivity contribution in [2.75, 3.05) is 20.8 Å². The Bertz CT molecular complexity index is 1120. The van der Waals surface area contributed by atoms with Crippen LogP contribution in [0.15, 0.2) is 48.5 Å². The van der Waals surface area contributed by atoms with Crippen LogP contribution in [0.4, 0.5) is 8.78 Å². The molecule has 0 radical (unpaired) electrons. The average molecular weight is 434 g/mol. The van der Waals surface area contributed by atoms with Gasteiger partial charge in [0.25, 0.3) is 5.91 Å². The Morgan fingerprint density at radius 2 is 1.67 bits per heavy atom. The maximum atomic E-state index is 13.3. The number of carbonyl (C=O) groups excluding carboxylic acids is 2. The summed E-state index contributed by atoms with van der Waals surface area (Å²) < 4.78 is 36.5. The number of fused-ring (bicyclic) bond motifs is 1. The highest BCUT2D eigenvalue weighted by Gasteiger charge is 2.19. The Hall–Kier alpha value is -3.19. The van der Waals surface area contributed by atoms with Gasteiger partial charge in [0.05, 0.1) is 17.7 Å². The summed E-state index contributed by atoms with van der Waals surface area (Å²) in [4.78, 5) is 25.7. The van der Waals surface area contributed by atoms with E-state index >= 15 is 0 Å². The van der Waals surface area contributed by atoms with Gasteiger partial charge in [0.15, 0.2) is 18.2 Å². The van der Waals surface area contributed by atoms with Crippen molar-refractivity contribution in [1.82, 2.24) is 4.90 Å². The normalized spacial score (nSPS) is 10.7. The maximum Gasteiger partial charge on any atom is 0.340 e. The fraction of sp³-hybridized carbons (Fsp3) is 0.182. The highest BCUT2D eigenvalue weighted by Crippen LogP contribution is 2.23. The van der Waals surface area contributed by atoms with E-state index in [1.54, 1.807) is 14.2 Å². The molecule has 3 aromatic rings. The van der Waals surface area contributed by atoms with Crippen molar-refractivity contribution in [3.05, 3.63) is 76.3 Å². The van der Waals surface area contributed by atoms with E-state index in [2.05, 4.69) is 0 Å². The number of hydrogen-bond acceptors (Lipinski definition) is 4. The molecule has 30 heavy (non-hydrogen) atoms. The predicted octanol–water partition coefficient (Wildman–Crippen LogP) is 4.60. The van der Waals surface area contributed by atoms with Gasteiger partial charge in [-0.15, -0.1) is 0 Å². The number of nitrogens with zero attached hydrogens (tertiary/aromatic N) is 1. The van der Waals surface area contributed by atoms with Gasteiger partial charge < -0.3 is 14.4 Å². The van der Waals surface area contributed by atoms with E-state index < -0.39 is 30.1 Å². The molecule has 0 saturated heterocycles. The van der Waals surface area contributed by atoms with Crippen LogP contribution < -0.4 is 4.74 Å². The number of benzene rings is 3. The Balaban J connectivity index is 1.61. The van der Waals surface area contributed by atoms with Crippen LogP contribution in [0.3, 0.4) is 0 Å². The average Bonchev–Trinajstić information content (AvgIpc) is 2.73. The first-order valence-electron chi connectivity index (χ1n) is 8.91. The lowest BCUT2D eigenvalue weighted by atomic mass is 10.1. The summed E-state index contributed by atoms with van der Waals surface area (Å²) in [6.45, 7) is -0.264. The Morgan fingerprint density at radius 3 is 2.40 bits per heavy atom. The number of methoxy groups -OCH3 is 1. The van der Waals surface area contributed by atoms with Gasteiger partial charge >= 0.3 is 5.97 Å². The molecule has 0 heterocycles. The molecule has 0 unspecified atom stereocenters. The van der Waals surface area contributed by atoms with E-state index in [0.29, 0.717) is 18.7 Å². The van der Waals surface area contributed by atoms with Gasteiger partial charge in [-0.2, -0.15) is 0 Å². The Morgan fingerprint density at radius 1 is 1.00 bits per heavy atom. The number of hydrogen-bond donors (Lipinski definition) is 0. The predicted molar refractivity (Wildman–Crippen MR) is 109 cm³/mol. The second-order valence-corrected chi connectivity index (χ2v) is 7.03. The SMILES string of the molecule is COc1ccc2cc(CN(C)C(=O)COC(=O)c3cc(F)c(F)cc3Cl)ccc2c1.